The van der Waals surface area contributed by atoms with Crippen molar-refractivity contribution in [1.82, 2.24) is 15.0 Å². The van der Waals surface area contributed by atoms with E-state index >= 15 is 0 Å². The normalized spacial score (nSPS) is 12.0. The van der Waals surface area contributed by atoms with Gasteiger partial charge in [-0.2, -0.15) is 0 Å². The number of methoxy groups -OCH3 is 1. The number of allylic oxidation sites excluding steroid dienone is 1. The van der Waals surface area contributed by atoms with Gasteiger partial charge in [-0.25, -0.2) is 0 Å². The summed E-state index contributed by atoms with van der Waals surface area (Å²) >= 11 is 0.232. The number of aromatic nitrogens is 3. The number of hydrogen-bond donors (Lipinski definition) is 0. The predicted molar refractivity (Wildman–Crippen MR) is 153 cm³/mol. The predicted octanol–water partition coefficient (Wildman–Crippen LogP) is 6.46. The third-order valence-corrected chi connectivity index (χ3v) is 8.62. The van der Waals surface area contributed by atoms with Crippen molar-refractivity contribution in [3.05, 3.63) is 132 Å². The molecule has 0 radical (unpaired) electrons. The van der Waals surface area contributed by atoms with E-state index in [0.717, 1.165) is 33.4 Å². The molecule has 0 aliphatic heterocycles. The molecule has 0 spiro atoms. The Hall–Kier alpha value is -4.18. The summed E-state index contributed by atoms with van der Waals surface area (Å²) in [6.45, 7) is 0. The van der Waals surface area contributed by atoms with Crippen molar-refractivity contribution in [1.29, 1.82) is 0 Å². The van der Waals surface area contributed by atoms with Crippen LogP contribution in [0.2, 0.25) is 5.32 Å². The van der Waals surface area contributed by atoms with Gasteiger partial charge in [0.1, 0.15) is 0 Å². The van der Waals surface area contributed by atoms with E-state index in [1.807, 2.05) is 35.0 Å². The second-order valence-corrected chi connectivity index (χ2v) is 10.9. The number of fused-ring (bicyclic) bond motifs is 2. The van der Waals surface area contributed by atoms with E-state index in [4.69, 9.17) is 4.74 Å². The molecule has 0 N–H and O–H groups in total. The van der Waals surface area contributed by atoms with E-state index in [0.29, 0.717) is 0 Å². The Labute approximate surface area is 222 Å². The fourth-order valence-corrected chi connectivity index (χ4v) is 6.57. The Kier molecular flexibility index (Phi) is 6.55. The first-order valence-electron chi connectivity index (χ1n) is 12.2. The standard InChI is InChI=1S/C32H25N3OSe/c1-36-27-19-17-24(18-20-27)32(35-31-14-8-7-13-30(31)33-34-35)29(22-37-28-11-3-2-4-12-28)26-16-15-23-9-5-6-10-25(23)21-26/h2-21H,22H2,1H3/b32-29-. The summed E-state index contributed by atoms with van der Waals surface area (Å²) in [5, 5.41) is 12.5. The van der Waals surface area contributed by atoms with Crippen molar-refractivity contribution in [3.63, 3.8) is 0 Å². The third-order valence-electron chi connectivity index (χ3n) is 6.44. The quantitative estimate of drug-likeness (QED) is 0.171. The summed E-state index contributed by atoms with van der Waals surface area (Å²) in [4.78, 5) is 0. The summed E-state index contributed by atoms with van der Waals surface area (Å²) in [5.41, 5.74) is 6.42. The Balaban J connectivity index is 1.61. The van der Waals surface area contributed by atoms with Crippen LogP contribution in [-0.2, 0) is 0 Å². The van der Waals surface area contributed by atoms with Crippen LogP contribution in [0.1, 0.15) is 11.1 Å². The van der Waals surface area contributed by atoms with E-state index < -0.39 is 0 Å². The number of nitrogens with zero attached hydrogens (tertiary/aromatic N) is 3. The maximum atomic E-state index is 5.46. The molecule has 1 heterocycles. The molecule has 6 aromatic rings. The molecular formula is C32H25N3OSe. The van der Waals surface area contributed by atoms with E-state index in [1.165, 1.54) is 26.4 Å². The van der Waals surface area contributed by atoms with Crippen molar-refractivity contribution >= 4 is 52.5 Å². The Morgan fingerprint density at radius 1 is 0.730 bits per heavy atom. The molecule has 4 nitrogen and oxygen atoms in total. The summed E-state index contributed by atoms with van der Waals surface area (Å²) in [7, 11) is 1.69. The summed E-state index contributed by atoms with van der Waals surface area (Å²) < 4.78 is 8.83. The first-order valence-corrected chi connectivity index (χ1v) is 14.2. The monoisotopic (exact) mass is 547 g/mol. The van der Waals surface area contributed by atoms with Gasteiger partial charge in [-0.1, -0.05) is 0 Å². The molecule has 1 aromatic heterocycles. The van der Waals surface area contributed by atoms with Crippen LogP contribution in [0.4, 0.5) is 0 Å². The molecule has 0 aliphatic carbocycles. The molecule has 0 unspecified atom stereocenters. The molecule has 0 bridgehead atoms. The van der Waals surface area contributed by atoms with Crippen LogP contribution in [0.15, 0.2) is 121 Å². The van der Waals surface area contributed by atoms with Crippen LogP contribution in [0.25, 0.3) is 33.1 Å². The van der Waals surface area contributed by atoms with Gasteiger partial charge in [0.15, 0.2) is 0 Å². The van der Waals surface area contributed by atoms with Crippen LogP contribution in [0.3, 0.4) is 0 Å². The molecule has 37 heavy (non-hydrogen) atoms. The molecule has 5 aromatic carbocycles. The summed E-state index contributed by atoms with van der Waals surface area (Å²) in [6.07, 6.45) is 0. The second-order valence-electron chi connectivity index (χ2n) is 8.71. The van der Waals surface area contributed by atoms with Gasteiger partial charge in [-0.3, -0.25) is 0 Å². The average molecular weight is 547 g/mol. The average Bonchev–Trinajstić information content (AvgIpc) is 3.39. The number of para-hydroxylation sites is 1. The van der Waals surface area contributed by atoms with Gasteiger partial charge in [0, 0.05) is 0 Å². The number of rotatable bonds is 7. The van der Waals surface area contributed by atoms with Gasteiger partial charge in [0.25, 0.3) is 0 Å². The Morgan fingerprint density at radius 3 is 2.24 bits per heavy atom. The number of hydrogen-bond acceptors (Lipinski definition) is 3. The third kappa shape index (κ3) is 4.79. The molecule has 0 fully saturated rings. The fourth-order valence-electron chi connectivity index (χ4n) is 4.54. The molecular weight excluding hydrogens is 521 g/mol. The SMILES string of the molecule is COc1ccc(/C(=C(\C[Se]c2ccccc2)c2ccc3ccccc3c2)n2nnc3ccccc32)cc1. The second kappa shape index (κ2) is 10.4. The molecule has 0 atom stereocenters. The number of ether oxygens (including phenoxy) is 1. The molecule has 5 heteroatoms. The van der Waals surface area contributed by atoms with Crippen LogP contribution in [-0.4, -0.2) is 37.1 Å². The van der Waals surface area contributed by atoms with Gasteiger partial charge >= 0.3 is 223 Å². The van der Waals surface area contributed by atoms with E-state index in [9.17, 15) is 0 Å². The minimum absolute atomic E-state index is 0.232. The van der Waals surface area contributed by atoms with Gasteiger partial charge < -0.3 is 0 Å². The summed E-state index contributed by atoms with van der Waals surface area (Å²) in [6, 6.07) is 42.4. The van der Waals surface area contributed by atoms with Crippen molar-refractivity contribution in [2.24, 2.45) is 0 Å². The molecule has 0 aliphatic rings. The maximum absolute atomic E-state index is 5.46. The van der Waals surface area contributed by atoms with Gasteiger partial charge in [-0.15, -0.1) is 0 Å². The Bertz CT molecular complexity index is 1710. The van der Waals surface area contributed by atoms with Crippen molar-refractivity contribution in [3.8, 4) is 5.75 Å². The van der Waals surface area contributed by atoms with Gasteiger partial charge in [0.2, 0.25) is 0 Å². The van der Waals surface area contributed by atoms with Crippen molar-refractivity contribution in [2.75, 3.05) is 7.11 Å². The number of benzene rings is 5. The van der Waals surface area contributed by atoms with Crippen LogP contribution >= 0.6 is 0 Å². The first kappa shape index (κ1) is 23.2. The van der Waals surface area contributed by atoms with E-state index in [2.05, 4.69) is 101 Å². The van der Waals surface area contributed by atoms with E-state index in [1.54, 1.807) is 7.11 Å². The summed E-state index contributed by atoms with van der Waals surface area (Å²) in [5.74, 6) is 0.826. The zero-order valence-electron chi connectivity index (χ0n) is 20.4. The topological polar surface area (TPSA) is 39.9 Å². The zero-order chi connectivity index (χ0) is 25.0. The van der Waals surface area contributed by atoms with Gasteiger partial charge in [0.05, 0.1) is 0 Å². The van der Waals surface area contributed by atoms with E-state index in [-0.39, 0.29) is 15.0 Å². The fraction of sp³-hybridized carbons (Fsp3) is 0.0625. The minimum atomic E-state index is 0.232. The molecule has 6 rings (SSSR count). The van der Waals surface area contributed by atoms with Crippen molar-refractivity contribution in [2.45, 2.75) is 5.32 Å². The van der Waals surface area contributed by atoms with Crippen molar-refractivity contribution < 1.29 is 4.74 Å². The van der Waals surface area contributed by atoms with Crippen LogP contribution in [0.5, 0.6) is 5.75 Å². The molecule has 0 saturated heterocycles. The molecule has 180 valence electrons. The van der Waals surface area contributed by atoms with Gasteiger partial charge in [-0.05, 0) is 0 Å². The zero-order valence-corrected chi connectivity index (χ0v) is 22.1. The van der Waals surface area contributed by atoms with Crippen LogP contribution < -0.4 is 9.20 Å². The molecule has 0 saturated carbocycles. The first-order chi connectivity index (χ1) is 18.3. The Morgan fingerprint density at radius 2 is 1.43 bits per heavy atom. The van der Waals surface area contributed by atoms with Crippen LogP contribution in [0, 0.1) is 0 Å². The molecule has 0 amide bonds.